The largest absolute Gasteiger partial charge is 0.365 e. The van der Waals surface area contributed by atoms with Gasteiger partial charge in [0.2, 0.25) is 17.6 Å². The van der Waals surface area contributed by atoms with E-state index in [9.17, 15) is 4.79 Å². The highest BCUT2D eigenvalue weighted by atomic mass is 16.5. The molecule has 1 amide bonds. The number of nitrogens with zero attached hydrogens (tertiary/aromatic N) is 5. The Balaban J connectivity index is 1.44. The lowest BCUT2D eigenvalue weighted by Crippen LogP contribution is -2.43. The number of morpholine rings is 1. The zero-order chi connectivity index (χ0) is 17.8. The number of aromatic nitrogens is 4. The van der Waals surface area contributed by atoms with Gasteiger partial charge in [0, 0.05) is 18.9 Å². The molecule has 2 aromatic heterocycles. The summed E-state index contributed by atoms with van der Waals surface area (Å²) in [5.41, 5.74) is 0.988. The molecule has 0 bridgehead atoms. The maximum absolute atomic E-state index is 12.6. The van der Waals surface area contributed by atoms with Gasteiger partial charge in [0.15, 0.2) is 6.10 Å². The van der Waals surface area contributed by atoms with Crippen molar-refractivity contribution in [1.82, 2.24) is 25.0 Å². The van der Waals surface area contributed by atoms with E-state index in [0.717, 1.165) is 5.56 Å². The number of rotatable bonds is 4. The summed E-state index contributed by atoms with van der Waals surface area (Å²) in [6.07, 6.45) is 3.13. The molecular formula is C18H17N5O3. The summed E-state index contributed by atoms with van der Waals surface area (Å²) in [5.74, 6) is 1.06. The highest BCUT2D eigenvalue weighted by molar-refractivity contribution is 5.78. The van der Waals surface area contributed by atoms with Gasteiger partial charge >= 0.3 is 0 Å². The van der Waals surface area contributed by atoms with Gasteiger partial charge in [0.1, 0.15) is 0 Å². The Labute approximate surface area is 149 Å². The van der Waals surface area contributed by atoms with Crippen molar-refractivity contribution in [2.75, 3.05) is 19.7 Å². The summed E-state index contributed by atoms with van der Waals surface area (Å²) < 4.78 is 11.0. The second-order valence-corrected chi connectivity index (χ2v) is 5.89. The van der Waals surface area contributed by atoms with E-state index < -0.39 is 6.10 Å². The second kappa shape index (κ2) is 7.40. The van der Waals surface area contributed by atoms with Gasteiger partial charge in [-0.25, -0.2) is 9.97 Å². The van der Waals surface area contributed by atoms with E-state index in [-0.39, 0.29) is 5.91 Å². The average molecular weight is 351 g/mol. The summed E-state index contributed by atoms with van der Waals surface area (Å²) in [6, 6.07) is 11.4. The van der Waals surface area contributed by atoms with Crippen LogP contribution in [0.25, 0.3) is 11.6 Å². The molecule has 3 heterocycles. The van der Waals surface area contributed by atoms with Crippen LogP contribution in [0.3, 0.4) is 0 Å². The molecule has 132 valence electrons. The normalized spacial score (nSPS) is 17.2. The molecule has 0 aliphatic carbocycles. The van der Waals surface area contributed by atoms with Crippen LogP contribution in [0.2, 0.25) is 0 Å². The van der Waals surface area contributed by atoms with Crippen LogP contribution in [-0.2, 0) is 16.0 Å². The van der Waals surface area contributed by atoms with Crippen LogP contribution in [0.4, 0.5) is 0 Å². The van der Waals surface area contributed by atoms with E-state index in [1.165, 1.54) is 0 Å². The smallest absolute Gasteiger partial charge is 0.258 e. The van der Waals surface area contributed by atoms with Crippen LogP contribution >= 0.6 is 0 Å². The second-order valence-electron chi connectivity index (χ2n) is 5.89. The quantitative estimate of drug-likeness (QED) is 0.705. The van der Waals surface area contributed by atoms with Gasteiger partial charge < -0.3 is 14.2 Å². The SMILES string of the molecule is O=C(Cc1ccccc1)N1CCO[C@@H](c2nc(-c3ncccn3)no2)C1. The molecule has 1 saturated heterocycles. The highest BCUT2D eigenvalue weighted by Gasteiger charge is 2.29. The molecule has 8 nitrogen and oxygen atoms in total. The standard InChI is InChI=1S/C18H17N5O3/c24-15(11-13-5-2-1-3-6-13)23-9-10-25-14(12-23)18-21-17(22-26-18)16-19-7-4-8-20-16/h1-8,14H,9-12H2/t14-/m1/s1. The van der Waals surface area contributed by atoms with E-state index in [0.29, 0.717) is 43.7 Å². The number of amides is 1. The fourth-order valence-corrected chi connectivity index (χ4v) is 2.78. The van der Waals surface area contributed by atoms with Gasteiger partial charge in [-0.2, -0.15) is 4.98 Å². The molecule has 3 aromatic rings. The van der Waals surface area contributed by atoms with Crippen LogP contribution in [-0.4, -0.2) is 50.6 Å². The Bertz CT molecular complexity index is 869. The van der Waals surface area contributed by atoms with Crippen LogP contribution in [0.15, 0.2) is 53.3 Å². The van der Waals surface area contributed by atoms with E-state index in [1.54, 1.807) is 23.4 Å². The molecule has 0 N–H and O–H groups in total. The third-order valence-electron chi connectivity index (χ3n) is 4.10. The average Bonchev–Trinajstić information content (AvgIpc) is 3.20. The van der Waals surface area contributed by atoms with Crippen molar-refractivity contribution in [2.45, 2.75) is 12.5 Å². The van der Waals surface area contributed by atoms with Crippen molar-refractivity contribution >= 4 is 5.91 Å². The van der Waals surface area contributed by atoms with Gasteiger partial charge in [-0.3, -0.25) is 4.79 Å². The van der Waals surface area contributed by atoms with Crippen molar-refractivity contribution in [3.05, 3.63) is 60.2 Å². The minimum Gasteiger partial charge on any atom is -0.365 e. The zero-order valence-electron chi connectivity index (χ0n) is 14.0. The summed E-state index contributed by atoms with van der Waals surface area (Å²) in [5, 5.41) is 3.90. The van der Waals surface area contributed by atoms with E-state index in [1.807, 2.05) is 30.3 Å². The Hall–Kier alpha value is -3.13. The summed E-state index contributed by atoms with van der Waals surface area (Å²) >= 11 is 0. The lowest BCUT2D eigenvalue weighted by Gasteiger charge is -2.31. The van der Waals surface area contributed by atoms with E-state index >= 15 is 0 Å². The molecule has 1 aliphatic rings. The van der Waals surface area contributed by atoms with Gasteiger partial charge in [-0.05, 0) is 11.6 Å². The fraction of sp³-hybridized carbons (Fsp3) is 0.278. The molecular weight excluding hydrogens is 334 g/mol. The zero-order valence-corrected chi connectivity index (χ0v) is 14.0. The lowest BCUT2D eigenvalue weighted by molar-refractivity contribution is -0.139. The Morgan fingerprint density at radius 3 is 2.73 bits per heavy atom. The molecule has 1 aliphatic heterocycles. The predicted molar refractivity (Wildman–Crippen MR) is 90.7 cm³/mol. The van der Waals surface area contributed by atoms with Gasteiger partial charge in [0.05, 0.1) is 19.6 Å². The number of hydrogen-bond acceptors (Lipinski definition) is 7. The topological polar surface area (TPSA) is 94.2 Å². The third-order valence-corrected chi connectivity index (χ3v) is 4.10. The summed E-state index contributed by atoms with van der Waals surface area (Å²) in [7, 11) is 0. The first-order valence-corrected chi connectivity index (χ1v) is 8.34. The summed E-state index contributed by atoms with van der Waals surface area (Å²) in [6.45, 7) is 1.35. The van der Waals surface area contributed by atoms with Crippen molar-refractivity contribution in [2.24, 2.45) is 0 Å². The Morgan fingerprint density at radius 2 is 1.92 bits per heavy atom. The van der Waals surface area contributed by atoms with E-state index in [2.05, 4.69) is 20.1 Å². The van der Waals surface area contributed by atoms with Crippen LogP contribution in [0.5, 0.6) is 0 Å². The van der Waals surface area contributed by atoms with Crippen molar-refractivity contribution < 1.29 is 14.1 Å². The first-order chi connectivity index (χ1) is 12.8. The van der Waals surface area contributed by atoms with Gasteiger partial charge in [0.25, 0.3) is 5.89 Å². The molecule has 1 aromatic carbocycles. The molecule has 26 heavy (non-hydrogen) atoms. The van der Waals surface area contributed by atoms with Gasteiger partial charge in [-0.1, -0.05) is 35.5 Å². The first-order valence-electron chi connectivity index (χ1n) is 8.34. The van der Waals surface area contributed by atoms with Crippen molar-refractivity contribution in [3.8, 4) is 11.6 Å². The molecule has 0 unspecified atom stereocenters. The molecule has 4 rings (SSSR count). The minimum atomic E-state index is -0.451. The fourth-order valence-electron chi connectivity index (χ4n) is 2.78. The van der Waals surface area contributed by atoms with Crippen molar-refractivity contribution in [1.29, 1.82) is 0 Å². The minimum absolute atomic E-state index is 0.0515. The first kappa shape index (κ1) is 16.3. The van der Waals surface area contributed by atoms with Crippen LogP contribution in [0.1, 0.15) is 17.6 Å². The number of ether oxygens (including phenoxy) is 1. The monoisotopic (exact) mass is 351 g/mol. The Morgan fingerprint density at radius 1 is 1.12 bits per heavy atom. The molecule has 0 saturated carbocycles. The third kappa shape index (κ3) is 3.60. The molecule has 8 heteroatoms. The van der Waals surface area contributed by atoms with Gasteiger partial charge in [-0.15, -0.1) is 0 Å². The maximum Gasteiger partial charge on any atom is 0.258 e. The molecule has 0 spiro atoms. The maximum atomic E-state index is 12.6. The highest BCUT2D eigenvalue weighted by Crippen LogP contribution is 2.23. The molecule has 1 fully saturated rings. The molecule has 0 radical (unpaired) electrons. The molecule has 1 atom stereocenters. The van der Waals surface area contributed by atoms with E-state index in [4.69, 9.17) is 9.26 Å². The number of hydrogen-bond donors (Lipinski definition) is 0. The number of benzene rings is 1. The van der Waals surface area contributed by atoms with Crippen molar-refractivity contribution in [3.63, 3.8) is 0 Å². The van der Waals surface area contributed by atoms with Crippen LogP contribution < -0.4 is 0 Å². The summed E-state index contributed by atoms with van der Waals surface area (Å²) in [4.78, 5) is 26.8. The Kier molecular flexibility index (Phi) is 4.65. The number of carbonyl (C=O) groups excluding carboxylic acids is 1. The van der Waals surface area contributed by atoms with Crippen LogP contribution in [0, 0.1) is 0 Å². The number of carbonyl (C=O) groups is 1. The predicted octanol–water partition coefficient (Wildman–Crippen LogP) is 1.67. The lowest BCUT2D eigenvalue weighted by atomic mass is 10.1.